The van der Waals surface area contributed by atoms with Gasteiger partial charge in [0.1, 0.15) is 18.3 Å². The van der Waals surface area contributed by atoms with Crippen LogP contribution in [0.15, 0.2) is 57.5 Å². The van der Waals surface area contributed by atoms with Crippen molar-refractivity contribution in [2.45, 2.75) is 25.3 Å². The summed E-state index contributed by atoms with van der Waals surface area (Å²) in [4.78, 5) is 40.8. The summed E-state index contributed by atoms with van der Waals surface area (Å²) in [5, 5.41) is 13.7. The maximum Gasteiger partial charge on any atom is 0.341 e. The zero-order valence-corrected chi connectivity index (χ0v) is 20.8. The number of nitrogens with zero attached hydrogens (tertiary/aromatic N) is 5. The Morgan fingerprint density at radius 3 is 2.87 bits per heavy atom. The predicted octanol–water partition coefficient (Wildman–Crippen LogP) is 3.91. The Bertz CT molecular complexity index is 1600. The molecule has 3 aromatic rings. The molecular formula is C28H26FN5O4. The minimum absolute atomic E-state index is 0.0324. The van der Waals surface area contributed by atoms with Crippen molar-refractivity contribution in [2.75, 3.05) is 31.6 Å². The molecule has 1 saturated carbocycles. The first-order valence-corrected chi connectivity index (χ1v) is 12.6. The molecule has 0 spiro atoms. The predicted molar refractivity (Wildman–Crippen MR) is 143 cm³/mol. The molecule has 1 aromatic carbocycles. The van der Waals surface area contributed by atoms with Crippen LogP contribution in [0.25, 0.3) is 17.1 Å². The van der Waals surface area contributed by atoms with E-state index in [1.807, 2.05) is 12.1 Å². The molecular weight excluding hydrogens is 489 g/mol. The summed E-state index contributed by atoms with van der Waals surface area (Å²) >= 11 is 0. The van der Waals surface area contributed by atoms with E-state index in [4.69, 9.17) is 9.83 Å². The highest BCUT2D eigenvalue weighted by atomic mass is 19.1. The molecule has 38 heavy (non-hydrogen) atoms. The molecule has 2 aromatic heterocycles. The van der Waals surface area contributed by atoms with Crippen molar-refractivity contribution in [1.82, 2.24) is 9.55 Å². The summed E-state index contributed by atoms with van der Waals surface area (Å²) in [6.07, 6.45) is 7.95. The zero-order chi connectivity index (χ0) is 26.4. The first-order valence-electron chi connectivity index (χ1n) is 12.6. The molecule has 3 heterocycles. The molecule has 1 saturated heterocycles. The third-order valence-corrected chi connectivity index (χ3v) is 7.27. The van der Waals surface area contributed by atoms with Gasteiger partial charge in [0.2, 0.25) is 5.43 Å². The Hall–Kier alpha value is -4.34. The maximum atomic E-state index is 15.4. The number of halogens is 1. The van der Waals surface area contributed by atoms with Crippen molar-refractivity contribution in [2.24, 2.45) is 16.1 Å². The Balaban J connectivity index is 1.34. The van der Waals surface area contributed by atoms with E-state index in [1.54, 1.807) is 9.47 Å². The number of hydrogen-bond acceptors (Lipinski definition) is 7. The zero-order valence-electron chi connectivity index (χ0n) is 20.8. The van der Waals surface area contributed by atoms with Crippen LogP contribution in [0.4, 0.5) is 10.2 Å². The number of benzene rings is 1. The molecule has 2 fully saturated rings. The second kappa shape index (κ2) is 9.51. The lowest BCUT2D eigenvalue weighted by atomic mass is 9.95. The SMILES string of the molecule is CO/N=C1/CN(c2nc3c(cc2F)c(=O)c(C(=O)O)cn3C2CC2)CC1CN=C1CC=Cc2ccccc21. The molecule has 0 amide bonds. The quantitative estimate of drug-likeness (QED) is 0.499. The van der Waals surface area contributed by atoms with E-state index in [9.17, 15) is 14.7 Å². The number of rotatable bonds is 6. The van der Waals surface area contributed by atoms with Crippen LogP contribution in [-0.2, 0) is 4.84 Å². The van der Waals surface area contributed by atoms with Gasteiger partial charge in [-0.25, -0.2) is 14.2 Å². The molecule has 0 radical (unpaired) electrons. The van der Waals surface area contributed by atoms with E-state index in [2.05, 4.69) is 34.4 Å². The van der Waals surface area contributed by atoms with Crippen LogP contribution in [0.2, 0.25) is 0 Å². The third kappa shape index (κ3) is 4.25. The molecule has 1 atom stereocenters. The standard InChI is InChI=1S/C28H26FN5O4/c1-38-32-24-15-33(13-17(24)12-30-23-8-4-6-16-5-2-3-7-19(16)23)27-22(29)11-20-25(35)21(28(36)37)14-34(18-9-10-18)26(20)31-27/h2-7,11,14,17-18H,8-10,12-13,15H2,1H3,(H,36,37)/b30-23?,32-24-. The van der Waals surface area contributed by atoms with Crippen LogP contribution in [0, 0.1) is 11.7 Å². The summed E-state index contributed by atoms with van der Waals surface area (Å²) in [6, 6.07) is 9.27. The molecule has 0 bridgehead atoms. The number of carbonyl (C=O) groups is 1. The van der Waals surface area contributed by atoms with Crippen molar-refractivity contribution in [3.63, 3.8) is 0 Å². The number of fused-ring (bicyclic) bond motifs is 2. The molecule has 1 N–H and O–H groups in total. The van der Waals surface area contributed by atoms with E-state index in [1.165, 1.54) is 13.3 Å². The largest absolute Gasteiger partial charge is 0.477 e. The van der Waals surface area contributed by atoms with Crippen LogP contribution in [0.1, 0.15) is 46.8 Å². The van der Waals surface area contributed by atoms with E-state index < -0.39 is 17.2 Å². The topological polar surface area (TPSA) is 109 Å². The average Bonchev–Trinajstić information content (AvgIpc) is 3.68. The molecule has 2 aliphatic carbocycles. The number of aliphatic imine (C=N–C) groups is 1. The number of aromatic carboxylic acids is 1. The number of anilines is 1. The Morgan fingerprint density at radius 2 is 2.11 bits per heavy atom. The van der Waals surface area contributed by atoms with Gasteiger partial charge in [-0.1, -0.05) is 41.6 Å². The van der Waals surface area contributed by atoms with Crippen LogP contribution < -0.4 is 10.3 Å². The number of pyridine rings is 2. The maximum absolute atomic E-state index is 15.4. The first-order chi connectivity index (χ1) is 18.4. The van der Waals surface area contributed by atoms with Gasteiger partial charge >= 0.3 is 5.97 Å². The fourth-order valence-corrected chi connectivity index (χ4v) is 5.23. The molecule has 1 aliphatic heterocycles. The van der Waals surface area contributed by atoms with Gasteiger partial charge in [0.05, 0.1) is 17.6 Å². The summed E-state index contributed by atoms with van der Waals surface area (Å²) < 4.78 is 17.1. The third-order valence-electron chi connectivity index (χ3n) is 7.27. The Kier molecular flexibility index (Phi) is 6.01. The van der Waals surface area contributed by atoms with Gasteiger partial charge in [-0.05, 0) is 24.5 Å². The summed E-state index contributed by atoms with van der Waals surface area (Å²) in [5.74, 6) is -2.04. The summed E-state index contributed by atoms with van der Waals surface area (Å²) in [6.45, 7) is 1.18. The fourth-order valence-electron chi connectivity index (χ4n) is 5.23. The van der Waals surface area contributed by atoms with Gasteiger partial charge in [0.15, 0.2) is 11.6 Å². The van der Waals surface area contributed by atoms with Crippen molar-refractivity contribution in [3.05, 3.63) is 75.3 Å². The molecule has 10 heteroatoms. The minimum Gasteiger partial charge on any atom is -0.477 e. The Labute approximate surface area is 217 Å². The molecule has 6 rings (SSSR count). The number of aromatic nitrogens is 2. The second-order valence-corrected chi connectivity index (χ2v) is 9.80. The van der Waals surface area contributed by atoms with Crippen molar-refractivity contribution in [3.8, 4) is 0 Å². The second-order valence-electron chi connectivity index (χ2n) is 9.80. The molecule has 194 valence electrons. The van der Waals surface area contributed by atoms with E-state index in [0.29, 0.717) is 25.3 Å². The lowest BCUT2D eigenvalue weighted by molar-refractivity contribution is 0.0695. The average molecular weight is 516 g/mol. The number of allylic oxidation sites excluding steroid dienone is 1. The van der Waals surface area contributed by atoms with E-state index in [0.717, 1.165) is 47.9 Å². The smallest absolute Gasteiger partial charge is 0.341 e. The van der Waals surface area contributed by atoms with Crippen LogP contribution in [0.5, 0.6) is 0 Å². The van der Waals surface area contributed by atoms with Crippen molar-refractivity contribution in [1.29, 1.82) is 0 Å². The van der Waals surface area contributed by atoms with Crippen molar-refractivity contribution < 1.29 is 19.1 Å². The summed E-state index contributed by atoms with van der Waals surface area (Å²) in [5.41, 5.74) is 3.14. The normalized spacial score (nSPS) is 20.9. The molecule has 1 unspecified atom stereocenters. The van der Waals surface area contributed by atoms with E-state index in [-0.39, 0.29) is 28.7 Å². The van der Waals surface area contributed by atoms with Crippen molar-refractivity contribution >= 4 is 40.3 Å². The van der Waals surface area contributed by atoms with Crippen LogP contribution in [0.3, 0.4) is 0 Å². The highest BCUT2D eigenvalue weighted by Crippen LogP contribution is 2.37. The number of oxime groups is 1. The number of carboxylic acid groups (broad SMARTS) is 1. The van der Waals surface area contributed by atoms with Gasteiger partial charge < -0.3 is 19.4 Å². The van der Waals surface area contributed by atoms with Gasteiger partial charge in [-0.3, -0.25) is 9.79 Å². The lowest BCUT2D eigenvalue weighted by Crippen LogP contribution is -2.25. The molecule has 9 nitrogen and oxygen atoms in total. The van der Waals surface area contributed by atoms with Gasteiger partial charge in [-0.2, -0.15) is 0 Å². The van der Waals surface area contributed by atoms with E-state index >= 15 is 4.39 Å². The molecule has 3 aliphatic rings. The first kappa shape index (κ1) is 24.0. The Morgan fingerprint density at radius 1 is 1.29 bits per heavy atom. The van der Waals surface area contributed by atoms with Gasteiger partial charge in [0, 0.05) is 48.9 Å². The minimum atomic E-state index is -1.34. The monoisotopic (exact) mass is 515 g/mol. The number of carboxylic acids is 1. The van der Waals surface area contributed by atoms with Gasteiger partial charge in [0.25, 0.3) is 0 Å². The highest BCUT2D eigenvalue weighted by Gasteiger charge is 2.34. The van der Waals surface area contributed by atoms with Gasteiger partial charge in [-0.15, -0.1) is 0 Å². The van der Waals surface area contributed by atoms with Crippen LogP contribution >= 0.6 is 0 Å². The fraction of sp³-hybridized carbons (Fsp3) is 0.321. The lowest BCUT2D eigenvalue weighted by Gasteiger charge is -2.19. The number of hydrogen-bond donors (Lipinski definition) is 1. The highest BCUT2D eigenvalue weighted by molar-refractivity contribution is 6.06. The van der Waals surface area contributed by atoms with Crippen LogP contribution in [-0.4, -0.2) is 58.8 Å². The summed E-state index contributed by atoms with van der Waals surface area (Å²) in [7, 11) is 1.48.